The van der Waals surface area contributed by atoms with E-state index in [-0.39, 0.29) is 0 Å². The van der Waals surface area contributed by atoms with Crippen LogP contribution in [0.2, 0.25) is 0 Å². The van der Waals surface area contributed by atoms with Crippen LogP contribution >= 0.6 is 0 Å². The van der Waals surface area contributed by atoms with Crippen LogP contribution in [-0.4, -0.2) is 16.5 Å². The minimum absolute atomic E-state index is 0.445. The molecule has 3 heterocycles. The molecule has 3 heteroatoms. The van der Waals surface area contributed by atoms with Crippen molar-refractivity contribution < 1.29 is 0 Å². The topological polar surface area (TPSA) is 37.8 Å². The van der Waals surface area contributed by atoms with E-state index in [0.29, 0.717) is 5.92 Å². The summed E-state index contributed by atoms with van der Waals surface area (Å²) in [5.41, 5.74) is 4.97. The average Bonchev–Trinajstić information content (AvgIpc) is 2.78. The first-order chi connectivity index (χ1) is 14.3. The molecule has 0 saturated carbocycles. The maximum absolute atomic E-state index is 4.80. The zero-order valence-electron chi connectivity index (χ0n) is 17.4. The largest absolute Gasteiger partial charge is 0.370 e. The Morgan fingerprint density at radius 2 is 2.07 bits per heavy atom. The van der Waals surface area contributed by atoms with E-state index in [0.717, 1.165) is 43.6 Å². The Bertz CT molecular complexity index is 977. The van der Waals surface area contributed by atoms with E-state index in [1.807, 2.05) is 12.3 Å². The van der Waals surface area contributed by atoms with Crippen LogP contribution in [0.15, 0.2) is 60.8 Å². The molecule has 0 bridgehead atoms. The van der Waals surface area contributed by atoms with Gasteiger partial charge in [0.1, 0.15) is 5.82 Å². The Kier molecular flexibility index (Phi) is 6.56. The number of hydrogen-bond acceptors (Lipinski definition) is 3. The molecule has 0 saturated heterocycles. The van der Waals surface area contributed by atoms with Crippen LogP contribution in [-0.2, 0) is 12.8 Å². The minimum Gasteiger partial charge on any atom is -0.370 e. The number of anilines is 1. The van der Waals surface area contributed by atoms with Crippen LogP contribution in [0, 0.1) is 0 Å². The molecule has 150 valence electrons. The SMILES string of the molecule is CCC(/C=C/CCCCc1ccc2c(n1)NCCC2)c1cnc2ccccc2c1. The first-order valence-electron chi connectivity index (χ1n) is 11.1. The fourth-order valence-corrected chi connectivity index (χ4v) is 4.11. The van der Waals surface area contributed by atoms with Gasteiger partial charge in [-0.25, -0.2) is 4.98 Å². The minimum atomic E-state index is 0.445. The highest BCUT2D eigenvalue weighted by atomic mass is 15.0. The lowest BCUT2D eigenvalue weighted by Gasteiger charge is -2.17. The van der Waals surface area contributed by atoms with E-state index in [2.05, 4.69) is 65.8 Å². The molecule has 1 aromatic carbocycles. The van der Waals surface area contributed by atoms with E-state index in [1.54, 1.807) is 0 Å². The molecule has 0 aliphatic carbocycles. The van der Waals surface area contributed by atoms with Crippen LogP contribution in [0.4, 0.5) is 5.82 Å². The Hall–Kier alpha value is -2.68. The number of fused-ring (bicyclic) bond motifs is 2. The summed E-state index contributed by atoms with van der Waals surface area (Å²) in [6.45, 7) is 3.31. The second-order valence-corrected chi connectivity index (χ2v) is 7.99. The van der Waals surface area contributed by atoms with Crippen molar-refractivity contribution in [2.45, 2.75) is 57.8 Å². The molecule has 0 radical (unpaired) electrons. The van der Waals surface area contributed by atoms with Gasteiger partial charge in [-0.1, -0.05) is 43.3 Å². The second-order valence-electron chi connectivity index (χ2n) is 7.99. The lowest BCUT2D eigenvalue weighted by Crippen LogP contribution is -2.13. The molecule has 1 N–H and O–H groups in total. The van der Waals surface area contributed by atoms with Gasteiger partial charge in [0.25, 0.3) is 0 Å². The van der Waals surface area contributed by atoms with Crippen LogP contribution in [0.5, 0.6) is 0 Å². The number of nitrogens with one attached hydrogen (secondary N) is 1. The smallest absolute Gasteiger partial charge is 0.129 e. The number of unbranched alkanes of at least 4 members (excludes halogenated alkanes) is 2. The number of allylic oxidation sites excluding steroid dienone is 2. The normalized spacial score (nSPS) is 14.7. The molecule has 1 atom stereocenters. The van der Waals surface area contributed by atoms with Gasteiger partial charge in [0.15, 0.2) is 0 Å². The first kappa shape index (κ1) is 19.6. The average molecular weight is 386 g/mol. The Morgan fingerprint density at radius 3 is 3.00 bits per heavy atom. The number of aromatic nitrogens is 2. The number of rotatable bonds is 8. The van der Waals surface area contributed by atoms with Gasteiger partial charge in [0.2, 0.25) is 0 Å². The van der Waals surface area contributed by atoms with Crippen molar-refractivity contribution in [3.63, 3.8) is 0 Å². The van der Waals surface area contributed by atoms with Gasteiger partial charge >= 0.3 is 0 Å². The quantitative estimate of drug-likeness (QED) is 0.357. The highest BCUT2D eigenvalue weighted by molar-refractivity contribution is 5.78. The Balaban J connectivity index is 1.26. The molecule has 1 aliphatic heterocycles. The number of hydrogen-bond donors (Lipinski definition) is 1. The van der Waals surface area contributed by atoms with E-state index < -0.39 is 0 Å². The van der Waals surface area contributed by atoms with Gasteiger partial charge < -0.3 is 5.32 Å². The second kappa shape index (κ2) is 9.69. The molecule has 1 aliphatic rings. The molecule has 0 fully saturated rings. The number of aryl methyl sites for hydroxylation is 2. The predicted molar refractivity (Wildman–Crippen MR) is 123 cm³/mol. The third-order valence-electron chi connectivity index (χ3n) is 5.85. The summed E-state index contributed by atoms with van der Waals surface area (Å²) in [7, 11) is 0. The number of pyridine rings is 2. The molecule has 4 rings (SSSR count). The van der Waals surface area contributed by atoms with Crippen LogP contribution in [0.1, 0.15) is 61.8 Å². The van der Waals surface area contributed by atoms with Gasteiger partial charge in [0.05, 0.1) is 5.52 Å². The Labute approximate surface area is 174 Å². The maximum Gasteiger partial charge on any atom is 0.129 e. The first-order valence-corrected chi connectivity index (χ1v) is 11.1. The van der Waals surface area contributed by atoms with E-state index in [9.17, 15) is 0 Å². The third kappa shape index (κ3) is 5.03. The van der Waals surface area contributed by atoms with Crippen molar-refractivity contribution >= 4 is 16.7 Å². The van der Waals surface area contributed by atoms with Crippen molar-refractivity contribution in [2.24, 2.45) is 0 Å². The lowest BCUT2D eigenvalue weighted by atomic mass is 9.95. The van der Waals surface area contributed by atoms with Gasteiger partial charge in [-0.05, 0) is 74.3 Å². The summed E-state index contributed by atoms with van der Waals surface area (Å²) >= 11 is 0. The molecule has 0 amide bonds. The summed E-state index contributed by atoms with van der Waals surface area (Å²) < 4.78 is 0. The van der Waals surface area contributed by atoms with E-state index in [4.69, 9.17) is 4.98 Å². The number of nitrogens with zero attached hydrogens (tertiary/aromatic N) is 2. The highest BCUT2D eigenvalue weighted by Crippen LogP contribution is 2.24. The molecular formula is C26H31N3. The maximum atomic E-state index is 4.80. The molecule has 3 aromatic rings. The number of benzene rings is 1. The Morgan fingerprint density at radius 1 is 1.14 bits per heavy atom. The molecule has 3 nitrogen and oxygen atoms in total. The lowest BCUT2D eigenvalue weighted by molar-refractivity contribution is 0.724. The summed E-state index contributed by atoms with van der Waals surface area (Å²) in [6, 6.07) is 15.1. The van der Waals surface area contributed by atoms with Crippen molar-refractivity contribution in [1.29, 1.82) is 0 Å². The predicted octanol–water partition coefficient (Wildman–Crippen LogP) is 6.45. The van der Waals surface area contributed by atoms with Crippen molar-refractivity contribution in [3.05, 3.63) is 77.6 Å². The van der Waals surface area contributed by atoms with Gasteiger partial charge in [-0.3, -0.25) is 4.98 Å². The van der Waals surface area contributed by atoms with Crippen molar-refractivity contribution in [1.82, 2.24) is 9.97 Å². The highest BCUT2D eigenvalue weighted by Gasteiger charge is 2.10. The monoisotopic (exact) mass is 385 g/mol. The van der Waals surface area contributed by atoms with Gasteiger partial charge in [0, 0.05) is 29.7 Å². The molecule has 1 unspecified atom stereocenters. The fraction of sp³-hybridized carbons (Fsp3) is 0.385. The molecular weight excluding hydrogens is 354 g/mol. The standard InChI is InChI=1S/C26H31N3/c1-2-20(23-18-22-11-7-8-14-25(22)28-19-23)10-5-3-4-6-13-24-16-15-21-12-9-17-27-26(21)29-24/h5,7-8,10-11,14-16,18-20H,2-4,6,9,12-13,17H2,1H3,(H,27,29)/b10-5+. The third-order valence-corrected chi connectivity index (χ3v) is 5.85. The summed E-state index contributed by atoms with van der Waals surface area (Å²) in [4.78, 5) is 9.43. The van der Waals surface area contributed by atoms with Gasteiger partial charge in [-0.2, -0.15) is 0 Å². The van der Waals surface area contributed by atoms with Crippen LogP contribution < -0.4 is 5.32 Å². The van der Waals surface area contributed by atoms with E-state index >= 15 is 0 Å². The summed E-state index contributed by atoms with van der Waals surface area (Å²) in [5.74, 6) is 1.56. The van der Waals surface area contributed by atoms with Gasteiger partial charge in [-0.15, -0.1) is 0 Å². The number of para-hydroxylation sites is 1. The molecule has 0 spiro atoms. The summed E-state index contributed by atoms with van der Waals surface area (Å²) in [5, 5.41) is 4.66. The zero-order valence-corrected chi connectivity index (χ0v) is 17.4. The van der Waals surface area contributed by atoms with Crippen LogP contribution in [0.25, 0.3) is 10.9 Å². The van der Waals surface area contributed by atoms with Crippen molar-refractivity contribution in [3.8, 4) is 0 Å². The zero-order chi connectivity index (χ0) is 19.9. The van der Waals surface area contributed by atoms with Crippen molar-refractivity contribution in [2.75, 3.05) is 11.9 Å². The summed E-state index contributed by atoms with van der Waals surface area (Å²) in [6.07, 6.45) is 14.8. The molecule has 2 aromatic heterocycles. The van der Waals surface area contributed by atoms with E-state index in [1.165, 1.54) is 41.5 Å². The van der Waals surface area contributed by atoms with Crippen LogP contribution in [0.3, 0.4) is 0 Å². The molecule has 29 heavy (non-hydrogen) atoms. The fourth-order valence-electron chi connectivity index (χ4n) is 4.11.